The Balaban J connectivity index is 1.50. The van der Waals surface area contributed by atoms with E-state index in [2.05, 4.69) is 81.1 Å². The van der Waals surface area contributed by atoms with Gasteiger partial charge in [0.25, 0.3) is 0 Å². The normalized spacial score (nSPS) is 17.1. The Morgan fingerprint density at radius 1 is 1.12 bits per heavy atom. The molecule has 3 aromatic rings. The molecule has 1 saturated heterocycles. The van der Waals surface area contributed by atoms with Gasteiger partial charge in [0.1, 0.15) is 13.7 Å². The lowest BCUT2D eigenvalue weighted by atomic mass is 9.69. The number of carbonyl (C=O) groups excluding carboxylic acids is 2. The van der Waals surface area contributed by atoms with Gasteiger partial charge in [0.15, 0.2) is 5.78 Å². The summed E-state index contributed by atoms with van der Waals surface area (Å²) >= 11 is 0. The number of aromatic nitrogens is 1. The number of hydrogen-bond donors (Lipinski definition) is 1. The minimum absolute atomic E-state index is 0.0995. The lowest BCUT2D eigenvalue weighted by Crippen LogP contribution is -2.41. The van der Waals surface area contributed by atoms with Crippen molar-refractivity contribution in [3.8, 4) is 11.5 Å². The Kier molecular flexibility index (Phi) is 7.27. The van der Waals surface area contributed by atoms with E-state index in [9.17, 15) is 9.59 Å². The standard InChI is InChI=1S/C35H44N2O3Si/c1-10-23-20-27-28(21-26(23)24-13-16-37(17-14-24)33(39)40-34(2,3)4)35(5,6)32-30(31(27)38)25-12-11-22(19-29(25)36-32)15-18-41(7,8)9/h11-12,19-21,24,36H,10,13-14,16-17H2,1-9H3. The number of likely N-dealkylation sites (tertiary alicyclic amines) is 1. The van der Waals surface area contributed by atoms with Gasteiger partial charge in [0.05, 0.1) is 5.56 Å². The van der Waals surface area contributed by atoms with Crippen molar-refractivity contribution in [3.63, 3.8) is 0 Å². The van der Waals surface area contributed by atoms with E-state index >= 15 is 0 Å². The molecule has 1 aliphatic heterocycles. The summed E-state index contributed by atoms with van der Waals surface area (Å²) in [7, 11) is -1.49. The number of carbonyl (C=O) groups is 2. The molecular formula is C35H44N2O3Si. The SMILES string of the molecule is CCc1cc2c(cc1C1CCN(C(=O)OC(C)(C)C)CC1)C(C)(C)c1[nH]c3cc(C#C[Si](C)(C)C)ccc3c1C2=O. The van der Waals surface area contributed by atoms with Gasteiger partial charge in [-0.2, -0.15) is 0 Å². The number of hydrogen-bond acceptors (Lipinski definition) is 3. The summed E-state index contributed by atoms with van der Waals surface area (Å²) in [6.45, 7) is 20.4. The molecule has 2 aromatic carbocycles. The van der Waals surface area contributed by atoms with Gasteiger partial charge in [-0.25, -0.2) is 4.79 Å². The predicted octanol–water partition coefficient (Wildman–Crippen LogP) is 7.94. The summed E-state index contributed by atoms with van der Waals surface area (Å²) in [5, 5.41) is 0.971. The smallest absolute Gasteiger partial charge is 0.410 e. The molecule has 0 spiro atoms. The maximum Gasteiger partial charge on any atom is 0.410 e. The average Bonchev–Trinajstić information content (AvgIpc) is 3.29. The van der Waals surface area contributed by atoms with Crippen molar-refractivity contribution in [2.75, 3.05) is 13.1 Å². The highest BCUT2D eigenvalue weighted by atomic mass is 28.3. The second kappa shape index (κ2) is 10.2. The lowest BCUT2D eigenvalue weighted by Gasteiger charge is -2.36. The lowest BCUT2D eigenvalue weighted by molar-refractivity contribution is 0.0204. The predicted molar refractivity (Wildman–Crippen MR) is 170 cm³/mol. The average molecular weight is 569 g/mol. The van der Waals surface area contributed by atoms with Crippen molar-refractivity contribution >= 4 is 30.9 Å². The molecule has 0 bridgehead atoms. The fourth-order valence-electron chi connectivity index (χ4n) is 6.26. The number of rotatable bonds is 2. The van der Waals surface area contributed by atoms with Gasteiger partial charge in [-0.1, -0.05) is 58.5 Å². The molecule has 2 heterocycles. The molecule has 1 fully saturated rings. The maximum absolute atomic E-state index is 14.1. The molecule has 2 aliphatic rings. The highest BCUT2D eigenvalue weighted by molar-refractivity contribution is 6.83. The molecule has 0 saturated carbocycles. The Morgan fingerprint density at radius 2 is 1.80 bits per heavy atom. The third-order valence-electron chi connectivity index (χ3n) is 8.40. The molecule has 0 radical (unpaired) electrons. The van der Waals surface area contributed by atoms with E-state index in [-0.39, 0.29) is 17.3 Å². The first-order chi connectivity index (χ1) is 19.1. The van der Waals surface area contributed by atoms with E-state index < -0.39 is 13.7 Å². The zero-order chi connectivity index (χ0) is 29.9. The number of benzene rings is 2. The van der Waals surface area contributed by atoms with Crippen LogP contribution in [0.4, 0.5) is 4.79 Å². The number of ether oxygens (including phenoxy) is 1. The van der Waals surface area contributed by atoms with Crippen LogP contribution in [0.25, 0.3) is 10.9 Å². The highest BCUT2D eigenvalue weighted by Gasteiger charge is 2.41. The van der Waals surface area contributed by atoms with E-state index in [1.165, 1.54) is 11.1 Å². The van der Waals surface area contributed by atoms with Gasteiger partial charge in [-0.15, -0.1) is 5.54 Å². The van der Waals surface area contributed by atoms with Gasteiger partial charge in [0, 0.05) is 46.2 Å². The summed E-state index contributed by atoms with van der Waals surface area (Å²) in [4.78, 5) is 32.2. The minimum Gasteiger partial charge on any atom is -0.444 e. The second-order valence-corrected chi connectivity index (χ2v) is 19.0. The third-order valence-corrected chi connectivity index (χ3v) is 9.27. The van der Waals surface area contributed by atoms with Crippen molar-refractivity contribution in [3.05, 3.63) is 69.4 Å². The number of piperidine rings is 1. The minimum atomic E-state index is -1.49. The molecule has 6 heteroatoms. The Labute approximate surface area is 246 Å². The number of nitrogens with one attached hydrogen (secondary N) is 1. The van der Waals surface area contributed by atoms with Crippen LogP contribution in [0.1, 0.15) is 104 Å². The maximum atomic E-state index is 14.1. The molecule has 1 aliphatic carbocycles. The number of nitrogens with zero attached hydrogens (tertiary/aromatic N) is 1. The monoisotopic (exact) mass is 568 g/mol. The summed E-state index contributed by atoms with van der Waals surface area (Å²) in [6, 6.07) is 10.7. The molecule has 5 rings (SSSR count). The van der Waals surface area contributed by atoms with Crippen LogP contribution in [-0.2, 0) is 16.6 Å². The van der Waals surface area contributed by atoms with E-state index in [1.54, 1.807) is 0 Å². The summed E-state index contributed by atoms with van der Waals surface area (Å²) in [6.07, 6.45) is 2.41. The van der Waals surface area contributed by atoms with E-state index in [1.807, 2.05) is 31.7 Å². The molecule has 1 aromatic heterocycles. The first-order valence-electron chi connectivity index (χ1n) is 15.0. The van der Waals surface area contributed by atoms with Gasteiger partial charge in [-0.3, -0.25) is 4.79 Å². The molecule has 216 valence electrons. The molecular weight excluding hydrogens is 524 g/mol. The van der Waals surface area contributed by atoms with Crippen molar-refractivity contribution in [1.29, 1.82) is 0 Å². The van der Waals surface area contributed by atoms with Gasteiger partial charge in [-0.05, 0) is 80.8 Å². The number of ketones is 1. The topological polar surface area (TPSA) is 62.4 Å². The van der Waals surface area contributed by atoms with Gasteiger partial charge in [0.2, 0.25) is 0 Å². The number of H-pyrrole nitrogens is 1. The van der Waals surface area contributed by atoms with Crippen LogP contribution in [0, 0.1) is 11.5 Å². The van der Waals surface area contributed by atoms with Crippen molar-refractivity contribution < 1.29 is 14.3 Å². The largest absolute Gasteiger partial charge is 0.444 e. The number of aryl methyl sites for hydroxylation is 1. The van der Waals surface area contributed by atoms with Crippen LogP contribution < -0.4 is 0 Å². The molecule has 5 nitrogen and oxygen atoms in total. The van der Waals surface area contributed by atoms with E-state index in [0.29, 0.717) is 19.0 Å². The Bertz CT molecular complexity index is 1600. The van der Waals surface area contributed by atoms with E-state index in [0.717, 1.165) is 58.1 Å². The van der Waals surface area contributed by atoms with Gasteiger partial charge >= 0.3 is 6.09 Å². The van der Waals surface area contributed by atoms with Crippen molar-refractivity contribution in [2.24, 2.45) is 0 Å². The number of amides is 1. The molecule has 1 N–H and O–H groups in total. The zero-order valence-electron chi connectivity index (χ0n) is 26.2. The van der Waals surface area contributed by atoms with Crippen LogP contribution in [0.15, 0.2) is 30.3 Å². The fourth-order valence-corrected chi connectivity index (χ4v) is 6.78. The Morgan fingerprint density at radius 3 is 2.41 bits per heavy atom. The van der Waals surface area contributed by atoms with Crippen molar-refractivity contribution in [1.82, 2.24) is 9.88 Å². The van der Waals surface area contributed by atoms with Gasteiger partial charge < -0.3 is 14.6 Å². The second-order valence-electron chi connectivity index (χ2n) is 14.3. The summed E-state index contributed by atoms with van der Waals surface area (Å²) in [5.74, 6) is 3.80. The van der Waals surface area contributed by atoms with Crippen LogP contribution >= 0.6 is 0 Å². The van der Waals surface area contributed by atoms with Crippen LogP contribution in [0.5, 0.6) is 0 Å². The number of fused-ring (bicyclic) bond motifs is 4. The van der Waals surface area contributed by atoms with Crippen molar-refractivity contribution in [2.45, 2.75) is 97.4 Å². The Hall–Kier alpha value is -3.30. The molecule has 0 unspecified atom stereocenters. The molecule has 41 heavy (non-hydrogen) atoms. The van der Waals surface area contributed by atoms with Crippen LogP contribution in [0.3, 0.4) is 0 Å². The zero-order valence-corrected chi connectivity index (χ0v) is 27.2. The quantitative estimate of drug-likeness (QED) is 0.252. The fraction of sp³-hybridized carbons (Fsp3) is 0.486. The highest BCUT2D eigenvalue weighted by Crippen LogP contribution is 2.46. The molecule has 0 atom stereocenters. The third kappa shape index (κ3) is 5.62. The molecule has 1 amide bonds. The van der Waals surface area contributed by atoms with Crippen LogP contribution in [0.2, 0.25) is 19.6 Å². The van der Waals surface area contributed by atoms with Crippen LogP contribution in [-0.4, -0.2) is 48.5 Å². The first-order valence-corrected chi connectivity index (χ1v) is 18.5. The summed E-state index contributed by atoms with van der Waals surface area (Å²) < 4.78 is 5.61. The summed E-state index contributed by atoms with van der Waals surface area (Å²) in [5.41, 5.74) is 10.8. The number of aromatic amines is 1. The van der Waals surface area contributed by atoms with E-state index in [4.69, 9.17) is 4.74 Å². The first kappa shape index (κ1) is 29.2.